The van der Waals surface area contributed by atoms with Crippen molar-refractivity contribution in [3.63, 3.8) is 0 Å². The van der Waals surface area contributed by atoms with E-state index in [9.17, 15) is 9.59 Å². The smallest absolute Gasteiger partial charge is 0.323 e. The van der Waals surface area contributed by atoms with E-state index < -0.39 is 5.97 Å². The van der Waals surface area contributed by atoms with Crippen LogP contribution in [0.3, 0.4) is 0 Å². The van der Waals surface area contributed by atoms with Crippen LogP contribution in [0.1, 0.15) is 19.3 Å². The van der Waals surface area contributed by atoms with Crippen LogP contribution in [0.25, 0.3) is 0 Å². The molecule has 1 aliphatic heterocycles. The Morgan fingerprint density at radius 3 is 2.75 bits per heavy atom. The van der Waals surface area contributed by atoms with Gasteiger partial charge in [0.05, 0.1) is 6.04 Å². The number of rotatable bonds is 5. The topological polar surface area (TPSA) is 69.6 Å². The maximum atomic E-state index is 12.0. The highest BCUT2D eigenvalue weighted by molar-refractivity contribution is 5.85. The van der Waals surface area contributed by atoms with Gasteiger partial charge in [-0.15, -0.1) is 6.58 Å². The molecule has 16 heavy (non-hydrogen) atoms. The van der Waals surface area contributed by atoms with Gasteiger partial charge in [0.15, 0.2) is 0 Å². The van der Waals surface area contributed by atoms with Gasteiger partial charge in [0.25, 0.3) is 0 Å². The highest BCUT2D eigenvalue weighted by Crippen LogP contribution is 2.09. The van der Waals surface area contributed by atoms with Gasteiger partial charge >= 0.3 is 5.97 Å². The molecule has 90 valence electrons. The third kappa shape index (κ3) is 3.66. The number of amides is 1. The summed E-state index contributed by atoms with van der Waals surface area (Å²) in [5.41, 5.74) is 0. The van der Waals surface area contributed by atoms with E-state index in [1.54, 1.807) is 6.08 Å². The predicted molar refractivity (Wildman–Crippen MR) is 60.1 cm³/mol. The van der Waals surface area contributed by atoms with E-state index in [1.807, 2.05) is 0 Å². The second kappa shape index (κ2) is 6.27. The first-order chi connectivity index (χ1) is 7.65. The normalized spacial score (nSPS) is 20.1. The predicted octanol–water partition coefficient (Wildman–Crippen LogP) is 0.228. The number of carboxylic acid groups (broad SMARTS) is 1. The van der Waals surface area contributed by atoms with Crippen molar-refractivity contribution in [2.24, 2.45) is 0 Å². The van der Waals surface area contributed by atoms with Crippen LogP contribution < -0.4 is 5.32 Å². The van der Waals surface area contributed by atoms with Crippen molar-refractivity contribution in [2.45, 2.75) is 25.3 Å². The van der Waals surface area contributed by atoms with Crippen LogP contribution in [0.15, 0.2) is 12.7 Å². The fourth-order valence-electron chi connectivity index (χ4n) is 1.83. The van der Waals surface area contributed by atoms with Crippen LogP contribution in [-0.2, 0) is 9.59 Å². The Labute approximate surface area is 95.1 Å². The van der Waals surface area contributed by atoms with E-state index in [-0.39, 0.29) is 25.0 Å². The first-order valence-electron chi connectivity index (χ1n) is 5.50. The lowest BCUT2D eigenvalue weighted by molar-refractivity contribution is -0.145. The van der Waals surface area contributed by atoms with Crippen molar-refractivity contribution in [3.05, 3.63) is 12.7 Å². The molecule has 1 aliphatic rings. The minimum absolute atomic E-state index is 0.137. The average molecular weight is 226 g/mol. The van der Waals surface area contributed by atoms with Crippen molar-refractivity contribution in [3.8, 4) is 0 Å². The third-order valence-electron chi connectivity index (χ3n) is 2.60. The van der Waals surface area contributed by atoms with Gasteiger partial charge in [-0.25, -0.2) is 0 Å². The molecule has 1 unspecified atom stereocenters. The van der Waals surface area contributed by atoms with Crippen LogP contribution in [-0.4, -0.2) is 47.6 Å². The summed E-state index contributed by atoms with van der Waals surface area (Å²) in [6.07, 6.45) is 4.42. The van der Waals surface area contributed by atoms with Gasteiger partial charge in [-0.3, -0.25) is 9.59 Å². The van der Waals surface area contributed by atoms with Gasteiger partial charge in [0.2, 0.25) is 5.91 Å². The molecule has 0 spiro atoms. The van der Waals surface area contributed by atoms with E-state index in [4.69, 9.17) is 5.11 Å². The van der Waals surface area contributed by atoms with Crippen LogP contribution in [0.4, 0.5) is 0 Å². The van der Waals surface area contributed by atoms with Gasteiger partial charge < -0.3 is 15.3 Å². The SMILES string of the molecule is C=CCN(CC(=O)O)C(=O)C1CCCCN1. The molecular formula is C11H18N2O3. The van der Waals surface area contributed by atoms with Crippen LogP contribution in [0.5, 0.6) is 0 Å². The fraction of sp³-hybridized carbons (Fsp3) is 0.636. The van der Waals surface area contributed by atoms with Gasteiger partial charge in [-0.2, -0.15) is 0 Å². The number of hydrogen-bond donors (Lipinski definition) is 2. The molecule has 1 saturated heterocycles. The molecular weight excluding hydrogens is 208 g/mol. The number of carbonyl (C=O) groups excluding carboxylic acids is 1. The summed E-state index contributed by atoms with van der Waals surface area (Å²) < 4.78 is 0. The van der Waals surface area contributed by atoms with Crippen molar-refractivity contribution in [2.75, 3.05) is 19.6 Å². The second-order valence-electron chi connectivity index (χ2n) is 3.90. The maximum absolute atomic E-state index is 12.0. The Balaban J connectivity index is 2.57. The number of carbonyl (C=O) groups is 2. The first-order valence-corrected chi connectivity index (χ1v) is 5.50. The molecule has 1 rings (SSSR count). The molecule has 5 nitrogen and oxygen atoms in total. The lowest BCUT2D eigenvalue weighted by Crippen LogP contribution is -2.49. The Morgan fingerprint density at radius 2 is 2.25 bits per heavy atom. The minimum Gasteiger partial charge on any atom is -0.480 e. The van der Waals surface area contributed by atoms with Gasteiger partial charge in [0, 0.05) is 6.54 Å². The van der Waals surface area contributed by atoms with E-state index in [0.29, 0.717) is 0 Å². The Morgan fingerprint density at radius 1 is 1.50 bits per heavy atom. The van der Waals surface area contributed by atoms with Crippen molar-refractivity contribution in [1.82, 2.24) is 10.2 Å². The highest BCUT2D eigenvalue weighted by atomic mass is 16.4. The summed E-state index contributed by atoms with van der Waals surface area (Å²) in [5, 5.41) is 11.8. The molecule has 0 saturated carbocycles. The second-order valence-corrected chi connectivity index (χ2v) is 3.90. The molecule has 1 fully saturated rings. The zero-order chi connectivity index (χ0) is 12.0. The van der Waals surface area contributed by atoms with Crippen LogP contribution >= 0.6 is 0 Å². The fourth-order valence-corrected chi connectivity index (χ4v) is 1.83. The molecule has 1 atom stereocenters. The molecule has 0 aromatic rings. The quantitative estimate of drug-likeness (QED) is 0.658. The standard InChI is InChI=1S/C11H18N2O3/c1-2-7-13(8-10(14)15)11(16)9-5-3-4-6-12-9/h2,9,12H,1,3-8H2,(H,14,15). The Bertz CT molecular complexity index is 272. The molecule has 0 radical (unpaired) electrons. The molecule has 1 amide bonds. The number of aliphatic carboxylic acids is 1. The van der Waals surface area contributed by atoms with Gasteiger partial charge in [-0.05, 0) is 19.4 Å². The molecule has 1 heterocycles. The zero-order valence-corrected chi connectivity index (χ0v) is 9.32. The first kappa shape index (κ1) is 12.7. The molecule has 0 bridgehead atoms. The largest absolute Gasteiger partial charge is 0.480 e. The van der Waals surface area contributed by atoms with Crippen LogP contribution in [0.2, 0.25) is 0 Å². The van der Waals surface area contributed by atoms with E-state index in [1.165, 1.54) is 4.90 Å². The summed E-state index contributed by atoms with van der Waals surface area (Å²) in [5.74, 6) is -1.13. The number of hydrogen-bond acceptors (Lipinski definition) is 3. The van der Waals surface area contributed by atoms with Gasteiger partial charge in [0.1, 0.15) is 6.54 Å². The van der Waals surface area contributed by atoms with E-state index in [0.717, 1.165) is 25.8 Å². The summed E-state index contributed by atoms with van der Waals surface area (Å²) in [7, 11) is 0. The van der Waals surface area contributed by atoms with Crippen molar-refractivity contribution >= 4 is 11.9 Å². The summed E-state index contributed by atoms with van der Waals surface area (Å²) in [6.45, 7) is 4.37. The molecule has 0 aromatic carbocycles. The summed E-state index contributed by atoms with van der Waals surface area (Å²) in [6, 6.07) is -0.229. The Kier molecular flexibility index (Phi) is 4.98. The average Bonchev–Trinajstić information content (AvgIpc) is 2.28. The van der Waals surface area contributed by atoms with Gasteiger partial charge in [-0.1, -0.05) is 12.5 Å². The molecule has 0 aliphatic carbocycles. The lowest BCUT2D eigenvalue weighted by atomic mass is 10.0. The molecule has 5 heteroatoms. The van der Waals surface area contributed by atoms with E-state index in [2.05, 4.69) is 11.9 Å². The third-order valence-corrected chi connectivity index (χ3v) is 2.60. The minimum atomic E-state index is -0.994. The number of piperidine rings is 1. The summed E-state index contributed by atoms with van der Waals surface area (Å²) >= 11 is 0. The zero-order valence-electron chi connectivity index (χ0n) is 9.32. The van der Waals surface area contributed by atoms with Crippen molar-refractivity contribution < 1.29 is 14.7 Å². The Hall–Kier alpha value is -1.36. The number of carboxylic acids is 1. The van der Waals surface area contributed by atoms with E-state index >= 15 is 0 Å². The number of nitrogens with one attached hydrogen (secondary N) is 1. The van der Waals surface area contributed by atoms with Crippen LogP contribution in [0, 0.1) is 0 Å². The lowest BCUT2D eigenvalue weighted by Gasteiger charge is -2.28. The van der Waals surface area contributed by atoms with Crippen molar-refractivity contribution in [1.29, 1.82) is 0 Å². The number of nitrogens with zero attached hydrogens (tertiary/aromatic N) is 1. The maximum Gasteiger partial charge on any atom is 0.323 e. The molecule has 0 aromatic heterocycles. The summed E-state index contributed by atoms with van der Waals surface area (Å²) in [4.78, 5) is 23.9. The molecule has 2 N–H and O–H groups in total. The highest BCUT2D eigenvalue weighted by Gasteiger charge is 2.25. The monoisotopic (exact) mass is 226 g/mol.